The Labute approximate surface area is 222 Å². The number of aromatic nitrogens is 4. The minimum absolute atomic E-state index is 0.106. The zero-order valence-corrected chi connectivity index (χ0v) is 21.9. The Balaban J connectivity index is 1.28. The van der Waals surface area contributed by atoms with Crippen molar-refractivity contribution in [2.24, 2.45) is 0 Å². The lowest BCUT2D eigenvalue weighted by Gasteiger charge is -2.40. The molecule has 0 spiro atoms. The highest BCUT2D eigenvalue weighted by atomic mass is 32.2. The van der Waals surface area contributed by atoms with E-state index in [0.717, 1.165) is 29.7 Å². The van der Waals surface area contributed by atoms with Gasteiger partial charge in [0.25, 0.3) is 0 Å². The van der Waals surface area contributed by atoms with Crippen molar-refractivity contribution in [1.82, 2.24) is 29.4 Å². The summed E-state index contributed by atoms with van der Waals surface area (Å²) in [7, 11) is -3.23. The molecular weight excluding hydrogens is 504 g/mol. The average molecular weight is 537 g/mol. The second-order valence-corrected chi connectivity index (χ2v) is 12.1. The lowest BCUT2D eigenvalue weighted by Crippen LogP contribution is -2.48. The van der Waals surface area contributed by atoms with Crippen molar-refractivity contribution >= 4 is 21.7 Å². The number of benzene rings is 1. The van der Waals surface area contributed by atoms with E-state index in [1.165, 1.54) is 0 Å². The fourth-order valence-corrected chi connectivity index (χ4v) is 6.65. The van der Waals surface area contributed by atoms with Gasteiger partial charge in [-0.15, -0.1) is 0 Å². The molecule has 0 atom stereocenters. The van der Waals surface area contributed by atoms with E-state index < -0.39 is 15.6 Å². The predicted molar refractivity (Wildman–Crippen MR) is 143 cm³/mol. The average Bonchev–Trinajstić information content (AvgIpc) is 3.68. The predicted octanol–water partition coefficient (Wildman–Crippen LogP) is 2.36. The van der Waals surface area contributed by atoms with Crippen LogP contribution in [0.5, 0.6) is 0 Å². The van der Waals surface area contributed by atoms with Crippen LogP contribution in [-0.2, 0) is 22.1 Å². The van der Waals surface area contributed by atoms with Crippen molar-refractivity contribution < 1.29 is 13.5 Å². The second kappa shape index (κ2) is 11.2. The van der Waals surface area contributed by atoms with E-state index in [1.807, 2.05) is 41.2 Å². The van der Waals surface area contributed by atoms with Crippen LogP contribution in [0.1, 0.15) is 37.7 Å². The first-order chi connectivity index (χ1) is 18.4. The van der Waals surface area contributed by atoms with Crippen LogP contribution in [0.2, 0.25) is 0 Å². The Hall–Kier alpha value is -3.37. The number of anilines is 2. The molecule has 12 heteroatoms. The van der Waals surface area contributed by atoms with Gasteiger partial charge in [0.2, 0.25) is 16.0 Å². The quantitative estimate of drug-likeness (QED) is 0.314. The number of nitrogens with zero attached hydrogens (tertiary/aromatic N) is 6. The summed E-state index contributed by atoms with van der Waals surface area (Å²) in [6.07, 6.45) is 8.12. The molecule has 38 heavy (non-hydrogen) atoms. The van der Waals surface area contributed by atoms with Gasteiger partial charge in [-0.05, 0) is 49.4 Å². The van der Waals surface area contributed by atoms with Crippen molar-refractivity contribution in [3.05, 3.63) is 54.5 Å². The Bertz CT molecular complexity index is 1390. The zero-order valence-electron chi connectivity index (χ0n) is 21.1. The smallest absolute Gasteiger partial charge is 0.227 e. The van der Waals surface area contributed by atoms with Crippen molar-refractivity contribution in [3.8, 4) is 17.3 Å². The molecule has 0 bridgehead atoms. The van der Waals surface area contributed by atoms with Crippen LogP contribution in [0.4, 0.5) is 11.6 Å². The van der Waals surface area contributed by atoms with Gasteiger partial charge in [-0.2, -0.15) is 10.4 Å². The maximum atomic E-state index is 12.7. The third kappa shape index (κ3) is 5.71. The van der Waals surface area contributed by atoms with Gasteiger partial charge in [0.15, 0.2) is 0 Å². The van der Waals surface area contributed by atoms with Crippen molar-refractivity contribution in [3.63, 3.8) is 0 Å². The molecule has 1 saturated heterocycles. The van der Waals surface area contributed by atoms with Gasteiger partial charge in [0.05, 0.1) is 41.8 Å². The van der Waals surface area contributed by atoms with Crippen LogP contribution in [0.3, 0.4) is 0 Å². The van der Waals surface area contributed by atoms with E-state index in [2.05, 4.69) is 31.8 Å². The fourth-order valence-electron chi connectivity index (χ4n) is 4.81. The maximum absolute atomic E-state index is 12.7. The first kappa shape index (κ1) is 26.2. The summed E-state index contributed by atoms with van der Waals surface area (Å²) in [5.74, 6) is 0.451. The highest BCUT2D eigenvalue weighted by Gasteiger charge is 2.45. The summed E-state index contributed by atoms with van der Waals surface area (Å²) in [6, 6.07) is 12.0. The van der Waals surface area contributed by atoms with Crippen LogP contribution < -0.4 is 10.6 Å². The summed E-state index contributed by atoms with van der Waals surface area (Å²) in [4.78, 5) is 8.99. The van der Waals surface area contributed by atoms with Gasteiger partial charge < -0.3 is 15.7 Å². The van der Waals surface area contributed by atoms with E-state index in [0.29, 0.717) is 50.7 Å². The number of aliphatic hydroxyl groups is 1. The SMILES string of the molecule is N#CCC1(n2cc(-c3ccnc(Nc4ccc(CNCCO)cc4)n3)cn2)CCN(S(=O)(=O)C2CC2)CC1. The maximum Gasteiger partial charge on any atom is 0.227 e. The third-order valence-corrected chi connectivity index (χ3v) is 9.61. The Morgan fingerprint density at radius 2 is 1.92 bits per heavy atom. The summed E-state index contributed by atoms with van der Waals surface area (Å²) >= 11 is 0. The van der Waals surface area contributed by atoms with Gasteiger partial charge in [0.1, 0.15) is 0 Å². The first-order valence-corrected chi connectivity index (χ1v) is 14.4. The molecule has 1 aliphatic carbocycles. The van der Waals surface area contributed by atoms with Crippen molar-refractivity contribution in [2.45, 2.75) is 49.4 Å². The molecule has 5 rings (SSSR count). The van der Waals surface area contributed by atoms with Crippen LogP contribution >= 0.6 is 0 Å². The third-order valence-electron chi connectivity index (χ3n) is 7.21. The fraction of sp³-hybridized carbons (Fsp3) is 0.462. The topological polar surface area (TPSA) is 149 Å². The summed E-state index contributed by atoms with van der Waals surface area (Å²) in [5.41, 5.74) is 2.90. The number of aliphatic hydroxyl groups excluding tert-OH is 1. The highest BCUT2D eigenvalue weighted by molar-refractivity contribution is 7.90. The standard InChI is InChI=1S/C26H32N8O3S/c27-11-8-26(9-14-33(15-10-26)38(36,37)23-5-6-23)34-19-21(18-30-34)24-7-12-29-25(32-24)31-22-3-1-20(2-4-22)17-28-13-16-35/h1-4,7,12,18-19,23,28,35H,5-6,8-10,13-17H2,(H,29,31,32). The molecule has 2 aromatic heterocycles. The molecule has 3 aromatic rings. The van der Waals surface area contributed by atoms with E-state index in [1.54, 1.807) is 16.7 Å². The summed E-state index contributed by atoms with van der Waals surface area (Å²) in [5, 5.41) is 29.2. The van der Waals surface area contributed by atoms with Crippen LogP contribution in [0.25, 0.3) is 11.3 Å². The molecule has 0 unspecified atom stereocenters. The Morgan fingerprint density at radius 3 is 2.61 bits per heavy atom. The second-order valence-electron chi connectivity index (χ2n) is 9.86. The summed E-state index contributed by atoms with van der Waals surface area (Å²) < 4.78 is 28.8. The molecule has 1 aliphatic heterocycles. The molecule has 200 valence electrons. The van der Waals surface area contributed by atoms with E-state index in [9.17, 15) is 13.7 Å². The monoisotopic (exact) mass is 536 g/mol. The van der Waals surface area contributed by atoms with Gasteiger partial charge >= 0.3 is 0 Å². The Morgan fingerprint density at radius 1 is 1.16 bits per heavy atom. The van der Waals surface area contributed by atoms with E-state index in [4.69, 9.17) is 5.11 Å². The molecule has 3 N–H and O–H groups in total. The zero-order chi connectivity index (χ0) is 26.6. The molecule has 1 aromatic carbocycles. The van der Waals surface area contributed by atoms with Crippen LogP contribution in [0, 0.1) is 11.3 Å². The lowest BCUT2D eigenvalue weighted by atomic mass is 9.85. The number of nitrogens with one attached hydrogen (secondary N) is 2. The largest absolute Gasteiger partial charge is 0.395 e. The van der Waals surface area contributed by atoms with Crippen LogP contribution in [0.15, 0.2) is 48.9 Å². The molecule has 2 aliphatic rings. The number of rotatable bonds is 11. The Kier molecular flexibility index (Phi) is 7.71. The number of nitriles is 1. The molecule has 2 fully saturated rings. The lowest BCUT2D eigenvalue weighted by molar-refractivity contribution is 0.148. The molecular formula is C26H32N8O3S. The minimum Gasteiger partial charge on any atom is -0.395 e. The number of hydrogen-bond acceptors (Lipinski definition) is 9. The first-order valence-electron chi connectivity index (χ1n) is 12.9. The molecule has 3 heterocycles. The van der Waals surface area contributed by atoms with Gasteiger partial charge in [-0.1, -0.05) is 12.1 Å². The minimum atomic E-state index is -3.23. The molecule has 11 nitrogen and oxygen atoms in total. The highest BCUT2D eigenvalue weighted by Crippen LogP contribution is 2.38. The van der Waals surface area contributed by atoms with Gasteiger partial charge in [-0.3, -0.25) is 4.68 Å². The number of sulfonamides is 1. The molecule has 0 amide bonds. The number of piperidine rings is 1. The van der Waals surface area contributed by atoms with Gasteiger partial charge in [-0.25, -0.2) is 22.7 Å². The van der Waals surface area contributed by atoms with Crippen LogP contribution in [-0.4, -0.2) is 69.1 Å². The summed E-state index contributed by atoms with van der Waals surface area (Å²) in [6.45, 7) is 2.13. The van der Waals surface area contributed by atoms with E-state index in [-0.39, 0.29) is 18.3 Å². The van der Waals surface area contributed by atoms with Gasteiger partial charge in [0, 0.05) is 49.8 Å². The molecule has 0 radical (unpaired) electrons. The van der Waals surface area contributed by atoms with E-state index >= 15 is 0 Å². The normalized spacial score (nSPS) is 17.7. The molecule has 1 saturated carbocycles. The number of hydrogen-bond donors (Lipinski definition) is 3. The van der Waals surface area contributed by atoms with Crippen molar-refractivity contribution in [1.29, 1.82) is 5.26 Å². The van der Waals surface area contributed by atoms with Crippen molar-refractivity contribution in [2.75, 3.05) is 31.6 Å².